The summed E-state index contributed by atoms with van der Waals surface area (Å²) in [7, 11) is 1.70. The highest BCUT2D eigenvalue weighted by Gasteiger charge is 2.23. The number of rotatable bonds is 6. The van der Waals surface area contributed by atoms with E-state index < -0.39 is 0 Å². The van der Waals surface area contributed by atoms with Crippen LogP contribution >= 0.6 is 15.9 Å². The largest absolute Gasteiger partial charge is 0.496 e. The highest BCUT2D eigenvalue weighted by Crippen LogP contribution is 2.31. The molecule has 1 aliphatic carbocycles. The van der Waals surface area contributed by atoms with Gasteiger partial charge in [-0.3, -0.25) is 4.90 Å². The summed E-state index contributed by atoms with van der Waals surface area (Å²) in [6, 6.07) is 6.35. The van der Waals surface area contributed by atoms with Crippen molar-refractivity contribution < 1.29 is 4.74 Å². The lowest BCUT2D eigenvalue weighted by atomic mass is 10.2. The Kier molecular flexibility index (Phi) is 4.46. The van der Waals surface area contributed by atoms with E-state index in [2.05, 4.69) is 39.9 Å². The summed E-state index contributed by atoms with van der Waals surface area (Å²) < 4.78 is 6.29. The summed E-state index contributed by atoms with van der Waals surface area (Å²) in [4.78, 5) is 2.52. The number of halogens is 1. The van der Waals surface area contributed by atoms with Crippen LogP contribution in [0.25, 0.3) is 0 Å². The van der Waals surface area contributed by atoms with Gasteiger partial charge in [-0.1, -0.05) is 13.0 Å². The summed E-state index contributed by atoms with van der Waals surface area (Å²) in [5.41, 5.74) is 1.35. The van der Waals surface area contributed by atoms with E-state index in [9.17, 15) is 0 Å². The van der Waals surface area contributed by atoms with Crippen LogP contribution in [0.5, 0.6) is 5.75 Å². The van der Waals surface area contributed by atoms with Crippen LogP contribution in [-0.2, 0) is 6.54 Å². The van der Waals surface area contributed by atoms with Crippen molar-refractivity contribution in [2.75, 3.05) is 20.2 Å². The maximum absolute atomic E-state index is 5.25. The summed E-state index contributed by atoms with van der Waals surface area (Å²) >= 11 is 3.54. The van der Waals surface area contributed by atoms with Crippen molar-refractivity contribution in [2.45, 2.75) is 26.3 Å². The van der Waals surface area contributed by atoms with Crippen molar-refractivity contribution in [3.05, 3.63) is 28.2 Å². The quantitative estimate of drug-likeness (QED) is 0.794. The minimum Gasteiger partial charge on any atom is -0.496 e. The van der Waals surface area contributed by atoms with Crippen molar-refractivity contribution in [1.82, 2.24) is 4.90 Å². The third kappa shape index (κ3) is 3.71. The van der Waals surface area contributed by atoms with Crippen LogP contribution in [0.15, 0.2) is 22.7 Å². The van der Waals surface area contributed by atoms with Gasteiger partial charge >= 0.3 is 0 Å². The first-order valence-electron chi connectivity index (χ1n) is 6.27. The van der Waals surface area contributed by atoms with E-state index in [0.717, 1.165) is 29.2 Å². The Hall–Kier alpha value is -0.540. The molecule has 0 atom stereocenters. The van der Waals surface area contributed by atoms with Crippen LogP contribution in [0.3, 0.4) is 0 Å². The molecular weight excluding hydrogens is 278 g/mol. The molecule has 0 aromatic heterocycles. The summed E-state index contributed by atoms with van der Waals surface area (Å²) in [5, 5.41) is 0. The molecule has 0 unspecified atom stereocenters. The second-order valence-electron chi connectivity index (χ2n) is 4.74. The van der Waals surface area contributed by atoms with E-state index in [1.807, 2.05) is 6.07 Å². The Morgan fingerprint density at radius 3 is 2.71 bits per heavy atom. The molecule has 1 saturated carbocycles. The zero-order valence-electron chi connectivity index (χ0n) is 10.6. The van der Waals surface area contributed by atoms with Crippen LogP contribution < -0.4 is 4.74 Å². The molecule has 0 bridgehead atoms. The monoisotopic (exact) mass is 297 g/mol. The van der Waals surface area contributed by atoms with Gasteiger partial charge in [0.2, 0.25) is 0 Å². The molecule has 2 nitrogen and oxygen atoms in total. The van der Waals surface area contributed by atoms with E-state index in [0.29, 0.717) is 0 Å². The maximum Gasteiger partial charge on any atom is 0.133 e. The third-order valence-electron chi connectivity index (χ3n) is 3.28. The summed E-state index contributed by atoms with van der Waals surface area (Å²) in [6.45, 7) is 5.65. The van der Waals surface area contributed by atoms with E-state index in [1.165, 1.54) is 24.9 Å². The van der Waals surface area contributed by atoms with Gasteiger partial charge < -0.3 is 4.74 Å². The van der Waals surface area contributed by atoms with E-state index in [-0.39, 0.29) is 0 Å². The number of nitrogens with zero attached hydrogens (tertiary/aromatic N) is 1. The highest BCUT2D eigenvalue weighted by molar-refractivity contribution is 9.10. The Balaban J connectivity index is 1.98. The number of ether oxygens (including phenoxy) is 1. The minimum absolute atomic E-state index is 0.902. The smallest absolute Gasteiger partial charge is 0.133 e. The van der Waals surface area contributed by atoms with Gasteiger partial charge in [-0.25, -0.2) is 0 Å². The first-order chi connectivity index (χ1) is 8.22. The zero-order valence-corrected chi connectivity index (χ0v) is 12.2. The molecular formula is C14H20BrNO. The van der Waals surface area contributed by atoms with Gasteiger partial charge in [-0.05, 0) is 58.9 Å². The molecule has 3 heteroatoms. The third-order valence-corrected chi connectivity index (χ3v) is 3.90. The normalized spacial score (nSPS) is 15.3. The van der Waals surface area contributed by atoms with Crippen molar-refractivity contribution in [3.63, 3.8) is 0 Å². The van der Waals surface area contributed by atoms with E-state index >= 15 is 0 Å². The average Bonchev–Trinajstić information content (AvgIpc) is 3.12. The molecule has 1 fully saturated rings. The summed E-state index contributed by atoms with van der Waals surface area (Å²) in [5.74, 6) is 1.86. The molecule has 2 rings (SSSR count). The minimum atomic E-state index is 0.902. The van der Waals surface area contributed by atoms with Crippen LogP contribution in [0.4, 0.5) is 0 Å². The molecule has 0 aliphatic heterocycles. The first-order valence-corrected chi connectivity index (χ1v) is 7.07. The van der Waals surface area contributed by atoms with Gasteiger partial charge in [0.15, 0.2) is 0 Å². The van der Waals surface area contributed by atoms with Gasteiger partial charge in [-0.2, -0.15) is 0 Å². The predicted molar refractivity (Wildman–Crippen MR) is 74.4 cm³/mol. The molecule has 0 heterocycles. The Bertz CT molecular complexity index is 376. The lowest BCUT2D eigenvalue weighted by molar-refractivity contribution is 0.268. The van der Waals surface area contributed by atoms with Crippen molar-refractivity contribution in [1.29, 1.82) is 0 Å². The first kappa shape index (κ1) is 12.9. The SMILES string of the molecule is CCN(Cc1ccc(OC)c(Br)c1)CC1CC1. The number of hydrogen-bond donors (Lipinski definition) is 0. The fourth-order valence-corrected chi connectivity index (χ4v) is 2.63. The average molecular weight is 298 g/mol. The van der Waals surface area contributed by atoms with Crippen molar-refractivity contribution in [2.24, 2.45) is 5.92 Å². The summed E-state index contributed by atoms with van der Waals surface area (Å²) in [6.07, 6.45) is 2.84. The fourth-order valence-electron chi connectivity index (χ4n) is 2.04. The number of benzene rings is 1. The van der Waals surface area contributed by atoms with Gasteiger partial charge in [0.1, 0.15) is 5.75 Å². The molecule has 0 amide bonds. The number of methoxy groups -OCH3 is 1. The lowest BCUT2D eigenvalue weighted by Crippen LogP contribution is -2.25. The van der Waals surface area contributed by atoms with Crippen LogP contribution in [-0.4, -0.2) is 25.1 Å². The predicted octanol–water partition coefficient (Wildman–Crippen LogP) is 3.69. The highest BCUT2D eigenvalue weighted by atomic mass is 79.9. The molecule has 1 aliphatic rings. The van der Waals surface area contributed by atoms with Crippen molar-refractivity contribution >= 4 is 15.9 Å². The van der Waals surface area contributed by atoms with Gasteiger partial charge in [0.05, 0.1) is 11.6 Å². The van der Waals surface area contributed by atoms with Gasteiger partial charge in [0.25, 0.3) is 0 Å². The Morgan fingerprint density at radius 1 is 1.41 bits per heavy atom. The zero-order chi connectivity index (χ0) is 12.3. The van der Waals surface area contributed by atoms with Crippen LogP contribution in [0, 0.1) is 5.92 Å². The molecule has 0 saturated heterocycles. The molecule has 1 aromatic carbocycles. The van der Waals surface area contributed by atoms with Crippen LogP contribution in [0.2, 0.25) is 0 Å². The molecule has 0 N–H and O–H groups in total. The second-order valence-corrected chi connectivity index (χ2v) is 5.59. The molecule has 1 aromatic rings. The molecule has 0 spiro atoms. The molecule has 17 heavy (non-hydrogen) atoms. The molecule has 0 radical (unpaired) electrons. The Labute approximate surface area is 112 Å². The van der Waals surface area contributed by atoms with E-state index in [1.54, 1.807) is 7.11 Å². The van der Waals surface area contributed by atoms with Crippen molar-refractivity contribution in [3.8, 4) is 5.75 Å². The fraction of sp³-hybridized carbons (Fsp3) is 0.571. The Morgan fingerprint density at radius 2 is 2.18 bits per heavy atom. The number of hydrogen-bond acceptors (Lipinski definition) is 2. The van der Waals surface area contributed by atoms with Crippen LogP contribution in [0.1, 0.15) is 25.3 Å². The lowest BCUT2D eigenvalue weighted by Gasteiger charge is -2.20. The van der Waals surface area contributed by atoms with E-state index in [4.69, 9.17) is 4.74 Å². The molecule has 94 valence electrons. The maximum atomic E-state index is 5.25. The topological polar surface area (TPSA) is 12.5 Å². The standard InChI is InChI=1S/C14H20BrNO/c1-3-16(9-11-4-5-11)10-12-6-7-14(17-2)13(15)8-12/h6-8,11H,3-5,9-10H2,1-2H3. The second kappa shape index (κ2) is 5.87. The van der Waals surface area contributed by atoms with Gasteiger partial charge in [-0.15, -0.1) is 0 Å². The van der Waals surface area contributed by atoms with Gasteiger partial charge in [0, 0.05) is 13.1 Å².